The monoisotopic (exact) mass is 374 g/mol. The number of carbonyl (C=O) groups is 1. The van der Waals surface area contributed by atoms with Crippen LogP contribution in [0, 0.1) is 19.3 Å². The van der Waals surface area contributed by atoms with E-state index in [0.717, 1.165) is 36.1 Å². The average molecular weight is 374 g/mol. The lowest BCUT2D eigenvalue weighted by atomic mass is 9.58. The van der Waals surface area contributed by atoms with Gasteiger partial charge in [0, 0.05) is 37.1 Å². The molecule has 1 saturated heterocycles. The zero-order chi connectivity index (χ0) is 19.2. The van der Waals surface area contributed by atoms with Crippen molar-refractivity contribution in [2.24, 2.45) is 5.41 Å². The van der Waals surface area contributed by atoms with Crippen LogP contribution in [0.5, 0.6) is 5.75 Å². The lowest BCUT2D eigenvalue weighted by molar-refractivity contribution is -0.207. The van der Waals surface area contributed by atoms with Crippen molar-refractivity contribution < 1.29 is 19.4 Å². The molecule has 2 N–H and O–H groups in total. The highest BCUT2D eigenvalue weighted by atomic mass is 16.5. The Morgan fingerprint density at radius 1 is 1.37 bits per heavy atom. The van der Waals surface area contributed by atoms with Gasteiger partial charge in [-0.25, -0.2) is 4.79 Å². The highest BCUT2D eigenvalue weighted by Crippen LogP contribution is 2.51. The van der Waals surface area contributed by atoms with Gasteiger partial charge in [-0.2, -0.15) is 0 Å². The van der Waals surface area contributed by atoms with E-state index in [9.17, 15) is 9.90 Å². The van der Waals surface area contributed by atoms with Gasteiger partial charge >= 0.3 is 6.03 Å². The molecule has 1 saturated carbocycles. The summed E-state index contributed by atoms with van der Waals surface area (Å²) >= 11 is 0. The van der Waals surface area contributed by atoms with E-state index in [1.807, 2.05) is 11.8 Å². The summed E-state index contributed by atoms with van der Waals surface area (Å²) in [5, 5.41) is 13.4. The predicted octanol–water partition coefficient (Wildman–Crippen LogP) is 2.70. The van der Waals surface area contributed by atoms with E-state index in [1.165, 1.54) is 5.56 Å². The largest absolute Gasteiger partial charge is 0.490 e. The van der Waals surface area contributed by atoms with Crippen molar-refractivity contribution in [3.05, 3.63) is 28.8 Å². The van der Waals surface area contributed by atoms with Gasteiger partial charge in [0.2, 0.25) is 0 Å². The number of urea groups is 1. The Balaban J connectivity index is 1.37. The third-order valence-electron chi connectivity index (χ3n) is 6.87. The van der Waals surface area contributed by atoms with E-state index < -0.39 is 0 Å². The molecule has 1 aromatic carbocycles. The summed E-state index contributed by atoms with van der Waals surface area (Å²) in [6.07, 6.45) is 2.13. The van der Waals surface area contributed by atoms with Gasteiger partial charge in [0.1, 0.15) is 12.4 Å². The molecule has 1 aromatic rings. The number of hydrogen-bond acceptors (Lipinski definition) is 4. The van der Waals surface area contributed by atoms with Crippen molar-refractivity contribution in [1.29, 1.82) is 0 Å². The number of aryl methyl sites for hydroxylation is 1. The number of amides is 2. The first-order valence-electron chi connectivity index (χ1n) is 10.0. The Kier molecular flexibility index (Phi) is 4.80. The molecule has 2 heterocycles. The van der Waals surface area contributed by atoms with E-state index in [4.69, 9.17) is 9.47 Å². The first-order valence-corrected chi connectivity index (χ1v) is 10.0. The molecule has 2 amide bonds. The second kappa shape index (κ2) is 6.99. The number of piperidine rings is 1. The molecule has 3 unspecified atom stereocenters. The fourth-order valence-corrected chi connectivity index (χ4v) is 4.84. The molecular formula is C21H30N2O4. The Labute approximate surface area is 160 Å². The molecule has 148 valence electrons. The molecule has 6 nitrogen and oxygen atoms in total. The molecule has 2 fully saturated rings. The molecule has 1 spiro atoms. The average Bonchev–Trinajstić information content (AvgIpc) is 3.08. The van der Waals surface area contributed by atoms with Crippen LogP contribution in [-0.2, 0) is 4.74 Å². The summed E-state index contributed by atoms with van der Waals surface area (Å²) < 4.78 is 11.7. The van der Waals surface area contributed by atoms with Crippen LogP contribution < -0.4 is 10.1 Å². The first kappa shape index (κ1) is 18.6. The van der Waals surface area contributed by atoms with E-state index >= 15 is 0 Å². The van der Waals surface area contributed by atoms with Crippen molar-refractivity contribution in [2.75, 3.05) is 26.3 Å². The number of aliphatic hydroxyl groups excluding tert-OH is 1. The predicted molar refractivity (Wildman–Crippen MR) is 102 cm³/mol. The van der Waals surface area contributed by atoms with Crippen LogP contribution in [0.15, 0.2) is 12.1 Å². The number of hydrogen-bond donors (Lipinski definition) is 2. The van der Waals surface area contributed by atoms with Crippen LogP contribution in [0.25, 0.3) is 0 Å². The van der Waals surface area contributed by atoms with Gasteiger partial charge in [-0.15, -0.1) is 0 Å². The number of nitrogens with zero attached hydrogens (tertiary/aromatic N) is 1. The molecule has 27 heavy (non-hydrogen) atoms. The smallest absolute Gasteiger partial charge is 0.318 e. The normalized spacial score (nSPS) is 28.4. The fourth-order valence-electron chi connectivity index (χ4n) is 4.84. The lowest BCUT2D eigenvalue weighted by Crippen LogP contribution is -2.63. The van der Waals surface area contributed by atoms with Crippen LogP contribution in [0.1, 0.15) is 48.9 Å². The quantitative estimate of drug-likeness (QED) is 0.853. The van der Waals surface area contributed by atoms with Crippen LogP contribution in [0.3, 0.4) is 0 Å². The number of nitrogens with one attached hydrogen (secondary N) is 1. The SMILES string of the molecule is CCOC1CC(O)C12CCN(C(=O)NC1COc3c1ccc(C)c3C)CC2. The topological polar surface area (TPSA) is 71.0 Å². The minimum Gasteiger partial charge on any atom is -0.490 e. The number of carbonyl (C=O) groups excluding carboxylic acids is 1. The maximum atomic E-state index is 12.8. The van der Waals surface area contributed by atoms with Gasteiger partial charge in [0.15, 0.2) is 0 Å². The molecule has 2 aliphatic heterocycles. The highest BCUT2D eigenvalue weighted by Gasteiger charge is 2.56. The maximum Gasteiger partial charge on any atom is 0.318 e. The summed E-state index contributed by atoms with van der Waals surface area (Å²) in [4.78, 5) is 14.6. The number of aliphatic hydroxyl groups is 1. The molecule has 0 bridgehead atoms. The number of likely N-dealkylation sites (tertiary alicyclic amines) is 1. The third kappa shape index (κ3) is 2.99. The molecule has 1 aliphatic carbocycles. The number of ether oxygens (including phenoxy) is 2. The summed E-state index contributed by atoms with van der Waals surface area (Å²) in [5.74, 6) is 0.912. The molecular weight excluding hydrogens is 344 g/mol. The van der Waals surface area contributed by atoms with E-state index in [2.05, 4.69) is 31.3 Å². The van der Waals surface area contributed by atoms with Crippen molar-refractivity contribution >= 4 is 6.03 Å². The Hall–Kier alpha value is -1.79. The van der Waals surface area contributed by atoms with Crippen molar-refractivity contribution in [3.8, 4) is 5.75 Å². The molecule has 4 rings (SSSR count). The Morgan fingerprint density at radius 3 is 2.78 bits per heavy atom. The number of fused-ring (bicyclic) bond motifs is 1. The lowest BCUT2D eigenvalue weighted by Gasteiger charge is -2.56. The van der Waals surface area contributed by atoms with Gasteiger partial charge < -0.3 is 24.8 Å². The Bertz CT molecular complexity index is 725. The second-order valence-electron chi connectivity index (χ2n) is 8.15. The summed E-state index contributed by atoms with van der Waals surface area (Å²) in [5.41, 5.74) is 3.24. The minimum atomic E-state index is -0.305. The van der Waals surface area contributed by atoms with Crippen LogP contribution in [-0.4, -0.2) is 54.5 Å². The molecule has 3 atom stereocenters. The molecule has 0 aromatic heterocycles. The van der Waals surface area contributed by atoms with E-state index in [-0.39, 0.29) is 29.7 Å². The molecule has 0 radical (unpaired) electrons. The zero-order valence-corrected chi connectivity index (χ0v) is 16.5. The van der Waals surface area contributed by atoms with Gasteiger partial charge in [-0.3, -0.25) is 0 Å². The zero-order valence-electron chi connectivity index (χ0n) is 16.5. The van der Waals surface area contributed by atoms with Crippen molar-refractivity contribution in [3.63, 3.8) is 0 Å². The maximum absolute atomic E-state index is 12.8. The van der Waals surface area contributed by atoms with Crippen LogP contribution >= 0.6 is 0 Å². The van der Waals surface area contributed by atoms with E-state index in [0.29, 0.717) is 26.3 Å². The fraction of sp³-hybridized carbons (Fsp3) is 0.667. The molecule has 3 aliphatic rings. The number of benzene rings is 1. The first-order chi connectivity index (χ1) is 13.0. The summed E-state index contributed by atoms with van der Waals surface area (Å²) in [7, 11) is 0. The summed E-state index contributed by atoms with van der Waals surface area (Å²) in [6, 6.07) is 3.98. The molecule has 6 heteroatoms. The van der Waals surface area contributed by atoms with Crippen LogP contribution in [0.4, 0.5) is 4.79 Å². The van der Waals surface area contributed by atoms with Gasteiger partial charge in [0.25, 0.3) is 0 Å². The highest BCUT2D eigenvalue weighted by molar-refractivity contribution is 5.75. The van der Waals surface area contributed by atoms with Gasteiger partial charge in [0.05, 0.1) is 18.2 Å². The van der Waals surface area contributed by atoms with Gasteiger partial charge in [-0.1, -0.05) is 12.1 Å². The standard InChI is InChI=1S/C21H30N2O4/c1-4-26-18-11-17(24)21(18)7-9-23(10-8-21)20(25)22-16-12-27-19-14(3)13(2)5-6-15(16)19/h5-6,16-18,24H,4,7-12H2,1-3H3,(H,22,25). The van der Waals surface area contributed by atoms with Crippen LogP contribution in [0.2, 0.25) is 0 Å². The van der Waals surface area contributed by atoms with E-state index in [1.54, 1.807) is 0 Å². The Morgan fingerprint density at radius 2 is 2.11 bits per heavy atom. The third-order valence-corrected chi connectivity index (χ3v) is 6.87. The van der Waals surface area contributed by atoms with Gasteiger partial charge in [-0.05, 0) is 44.7 Å². The minimum absolute atomic E-state index is 0.0497. The number of rotatable bonds is 3. The summed E-state index contributed by atoms with van der Waals surface area (Å²) in [6.45, 7) is 8.57. The van der Waals surface area contributed by atoms with Crippen molar-refractivity contribution in [2.45, 2.75) is 58.3 Å². The second-order valence-corrected chi connectivity index (χ2v) is 8.15. The van der Waals surface area contributed by atoms with Crippen molar-refractivity contribution in [1.82, 2.24) is 10.2 Å².